The zero-order chi connectivity index (χ0) is 15.3. The van der Waals surface area contributed by atoms with Crippen molar-refractivity contribution >= 4 is 11.6 Å². The van der Waals surface area contributed by atoms with Crippen LogP contribution in [-0.2, 0) is 17.9 Å². The number of nitrogens with zero attached hydrogens (tertiary/aromatic N) is 5. The zero-order valence-electron chi connectivity index (χ0n) is 12.2. The Bertz CT molecular complexity index is 867. The first-order chi connectivity index (χ1) is 10.7. The van der Waals surface area contributed by atoms with Gasteiger partial charge in [-0.3, -0.25) is 0 Å². The summed E-state index contributed by atoms with van der Waals surface area (Å²) in [4.78, 5) is 4.44. The van der Waals surface area contributed by atoms with Crippen LogP contribution in [0.4, 0.5) is 0 Å². The molecule has 112 valence electrons. The normalized spacial score (nSPS) is 12.5. The third-order valence-corrected chi connectivity index (χ3v) is 4.18. The number of aromatic nitrogens is 5. The lowest BCUT2D eigenvalue weighted by atomic mass is 10.1. The van der Waals surface area contributed by atoms with E-state index in [1.54, 1.807) is 7.11 Å². The van der Waals surface area contributed by atoms with Crippen LogP contribution >= 0.6 is 11.6 Å². The van der Waals surface area contributed by atoms with Crippen molar-refractivity contribution in [3.05, 3.63) is 46.8 Å². The van der Waals surface area contributed by atoms with E-state index in [1.165, 1.54) is 0 Å². The van der Waals surface area contributed by atoms with E-state index < -0.39 is 0 Å². The second-order valence-corrected chi connectivity index (χ2v) is 5.70. The molecule has 2 aromatic heterocycles. The number of imidazole rings is 1. The molecule has 0 saturated heterocycles. The molecule has 0 bridgehead atoms. The second kappa shape index (κ2) is 4.93. The topological polar surface area (TPSA) is 57.8 Å². The van der Waals surface area contributed by atoms with Gasteiger partial charge in [0, 0.05) is 17.7 Å². The van der Waals surface area contributed by atoms with Gasteiger partial charge in [-0.25, -0.2) is 4.98 Å². The molecule has 1 aromatic carbocycles. The van der Waals surface area contributed by atoms with Crippen molar-refractivity contribution in [3.8, 4) is 17.1 Å². The van der Waals surface area contributed by atoms with E-state index in [-0.39, 0.29) is 0 Å². The van der Waals surface area contributed by atoms with Gasteiger partial charge in [0.1, 0.15) is 6.61 Å². The Kier molecular flexibility index (Phi) is 3.02. The molecule has 6 nitrogen and oxygen atoms in total. The van der Waals surface area contributed by atoms with Crippen LogP contribution in [0.3, 0.4) is 0 Å². The predicted molar refractivity (Wildman–Crippen MR) is 82.1 cm³/mol. The minimum absolute atomic E-state index is 0.413. The average molecular weight is 316 g/mol. The number of rotatable bonds is 2. The number of benzene rings is 1. The molecule has 0 unspecified atom stereocenters. The molecule has 0 amide bonds. The van der Waals surface area contributed by atoms with Gasteiger partial charge in [0.25, 0.3) is 0 Å². The van der Waals surface area contributed by atoms with Gasteiger partial charge in [-0.1, -0.05) is 11.6 Å². The number of ether oxygens (including phenoxy) is 1. The van der Waals surface area contributed by atoms with Gasteiger partial charge in [-0.2, -0.15) is 0 Å². The third kappa shape index (κ3) is 1.88. The number of methoxy groups -OCH3 is 1. The van der Waals surface area contributed by atoms with E-state index in [1.807, 2.05) is 31.5 Å². The number of halogens is 1. The second-order valence-electron chi connectivity index (χ2n) is 5.27. The predicted octanol–water partition coefficient (Wildman–Crippen LogP) is 2.60. The van der Waals surface area contributed by atoms with Gasteiger partial charge in [-0.05, 0) is 25.1 Å². The summed E-state index contributed by atoms with van der Waals surface area (Å²) in [6.45, 7) is 3.07. The lowest BCUT2D eigenvalue weighted by Crippen LogP contribution is -2.08. The van der Waals surface area contributed by atoms with Crippen LogP contribution in [0.25, 0.3) is 17.1 Å². The fourth-order valence-corrected chi connectivity index (χ4v) is 3.02. The van der Waals surface area contributed by atoms with E-state index in [0.29, 0.717) is 18.2 Å². The molecular formula is C15H14ClN5O. The quantitative estimate of drug-likeness (QED) is 0.570. The van der Waals surface area contributed by atoms with Crippen molar-refractivity contribution in [3.63, 3.8) is 0 Å². The summed E-state index contributed by atoms with van der Waals surface area (Å²) in [5, 5.41) is 9.28. The molecule has 22 heavy (non-hydrogen) atoms. The first-order valence-electron chi connectivity index (χ1n) is 6.93. The van der Waals surface area contributed by atoms with Crippen LogP contribution < -0.4 is 0 Å². The molecule has 0 spiro atoms. The van der Waals surface area contributed by atoms with E-state index in [4.69, 9.17) is 16.3 Å². The smallest absolute Gasteiger partial charge is 0.166 e. The molecule has 1 aliphatic heterocycles. The van der Waals surface area contributed by atoms with Crippen molar-refractivity contribution in [2.45, 2.75) is 20.1 Å². The summed E-state index contributed by atoms with van der Waals surface area (Å²) in [6.07, 6.45) is 1.84. The Morgan fingerprint density at radius 3 is 3.00 bits per heavy atom. The summed E-state index contributed by atoms with van der Waals surface area (Å²) in [7, 11) is 1.65. The van der Waals surface area contributed by atoms with E-state index in [2.05, 4.69) is 24.3 Å². The molecule has 0 saturated carbocycles. The van der Waals surface area contributed by atoms with Gasteiger partial charge >= 0.3 is 0 Å². The average Bonchev–Trinajstić information content (AvgIpc) is 3.02. The molecular weight excluding hydrogens is 302 g/mol. The summed E-state index contributed by atoms with van der Waals surface area (Å²) in [6, 6.07) is 5.78. The fourth-order valence-electron chi connectivity index (χ4n) is 2.84. The Morgan fingerprint density at radius 1 is 1.32 bits per heavy atom. The van der Waals surface area contributed by atoms with Gasteiger partial charge in [-0.15, -0.1) is 10.2 Å². The largest absolute Gasteiger partial charge is 0.377 e. The number of hydrogen-bond acceptors (Lipinski definition) is 4. The molecule has 1 aliphatic rings. The maximum atomic E-state index is 6.19. The SMILES string of the molecule is COCc1nnc2n1Cc1c(C)ncn1-c1ccc(Cl)cc1-2. The van der Waals surface area contributed by atoms with Crippen LogP contribution in [0.15, 0.2) is 24.5 Å². The third-order valence-electron chi connectivity index (χ3n) is 3.94. The highest BCUT2D eigenvalue weighted by Gasteiger charge is 2.24. The molecule has 0 aliphatic carbocycles. The monoisotopic (exact) mass is 315 g/mol. The van der Waals surface area contributed by atoms with Crippen LogP contribution in [-0.4, -0.2) is 31.4 Å². The Hall–Kier alpha value is -2.18. The number of fused-ring (bicyclic) bond motifs is 5. The standard InChI is InChI=1S/C15H14ClN5O/c1-9-13-6-20-14(7-22-2)18-19-15(20)11-5-10(16)3-4-12(11)21(13)8-17-9/h3-5,8H,6-7H2,1-2H3. The highest BCUT2D eigenvalue weighted by atomic mass is 35.5. The van der Waals surface area contributed by atoms with E-state index in [9.17, 15) is 0 Å². The van der Waals surface area contributed by atoms with Gasteiger partial charge < -0.3 is 13.9 Å². The maximum Gasteiger partial charge on any atom is 0.166 e. The number of aryl methyl sites for hydroxylation is 1. The Balaban J connectivity index is 2.04. The minimum atomic E-state index is 0.413. The van der Waals surface area contributed by atoms with Gasteiger partial charge in [0.2, 0.25) is 0 Å². The fraction of sp³-hybridized carbons (Fsp3) is 0.267. The first-order valence-corrected chi connectivity index (χ1v) is 7.31. The molecule has 0 fully saturated rings. The number of hydrogen-bond donors (Lipinski definition) is 0. The summed E-state index contributed by atoms with van der Waals surface area (Å²) in [5.41, 5.74) is 4.05. The molecule has 4 rings (SSSR count). The van der Waals surface area contributed by atoms with Crippen molar-refractivity contribution in [2.75, 3.05) is 7.11 Å². The lowest BCUT2D eigenvalue weighted by Gasteiger charge is -2.08. The lowest BCUT2D eigenvalue weighted by molar-refractivity contribution is 0.174. The van der Waals surface area contributed by atoms with Crippen molar-refractivity contribution in [2.24, 2.45) is 0 Å². The van der Waals surface area contributed by atoms with E-state index >= 15 is 0 Å². The molecule has 3 heterocycles. The van der Waals surface area contributed by atoms with Gasteiger partial charge in [0.15, 0.2) is 11.6 Å². The van der Waals surface area contributed by atoms with Crippen molar-refractivity contribution in [1.82, 2.24) is 24.3 Å². The summed E-state index contributed by atoms with van der Waals surface area (Å²) in [5.74, 6) is 1.59. The van der Waals surface area contributed by atoms with Crippen molar-refractivity contribution < 1.29 is 4.74 Å². The summed E-state index contributed by atoms with van der Waals surface area (Å²) < 4.78 is 9.38. The molecule has 0 radical (unpaired) electrons. The van der Waals surface area contributed by atoms with E-state index in [0.717, 1.165) is 34.3 Å². The van der Waals surface area contributed by atoms with Crippen LogP contribution in [0, 0.1) is 6.92 Å². The molecule has 0 atom stereocenters. The highest BCUT2D eigenvalue weighted by Crippen LogP contribution is 2.33. The highest BCUT2D eigenvalue weighted by molar-refractivity contribution is 6.31. The van der Waals surface area contributed by atoms with Gasteiger partial charge in [0.05, 0.1) is 29.9 Å². The van der Waals surface area contributed by atoms with Crippen molar-refractivity contribution in [1.29, 1.82) is 0 Å². The Morgan fingerprint density at radius 2 is 2.18 bits per heavy atom. The zero-order valence-corrected chi connectivity index (χ0v) is 13.0. The molecule has 0 N–H and O–H groups in total. The Labute approximate surface area is 132 Å². The van der Waals surface area contributed by atoms with Crippen LogP contribution in [0.1, 0.15) is 17.2 Å². The van der Waals surface area contributed by atoms with Crippen LogP contribution in [0.5, 0.6) is 0 Å². The van der Waals surface area contributed by atoms with Crippen LogP contribution in [0.2, 0.25) is 5.02 Å². The first kappa shape index (κ1) is 13.5. The molecule has 3 aromatic rings. The molecule has 7 heteroatoms. The summed E-state index contributed by atoms with van der Waals surface area (Å²) >= 11 is 6.19. The maximum absolute atomic E-state index is 6.19. The minimum Gasteiger partial charge on any atom is -0.377 e.